The van der Waals surface area contributed by atoms with E-state index in [1.54, 1.807) is 13.4 Å². The van der Waals surface area contributed by atoms with E-state index in [1.165, 1.54) is 0 Å². The van der Waals surface area contributed by atoms with Gasteiger partial charge in [0.05, 0.1) is 24.8 Å². The molecule has 9 heteroatoms. The summed E-state index contributed by atoms with van der Waals surface area (Å²) < 4.78 is 7.07. The Morgan fingerprint density at radius 3 is 2.55 bits per heavy atom. The Morgan fingerprint density at radius 1 is 1.12 bits per heavy atom. The van der Waals surface area contributed by atoms with Crippen LogP contribution in [0.2, 0.25) is 0 Å². The SMILES string of the molecule is COc1ccc(CNc2nc(/N=C/N(C)C)c3c(n2)c(C)nn3-c2ccc(N)cc2C)cc1. The number of aromatic nitrogens is 4. The zero-order valence-electron chi connectivity index (χ0n) is 19.5. The van der Waals surface area contributed by atoms with Gasteiger partial charge in [-0.2, -0.15) is 10.1 Å². The molecule has 2 aromatic heterocycles. The average molecular weight is 445 g/mol. The number of nitrogens with two attached hydrogens (primary N) is 1. The first kappa shape index (κ1) is 22.1. The van der Waals surface area contributed by atoms with Crippen LogP contribution in [-0.2, 0) is 6.54 Å². The van der Waals surface area contributed by atoms with E-state index in [9.17, 15) is 0 Å². The van der Waals surface area contributed by atoms with Gasteiger partial charge in [0, 0.05) is 26.3 Å². The number of ether oxygens (including phenoxy) is 1. The van der Waals surface area contributed by atoms with Crippen molar-refractivity contribution in [3.8, 4) is 11.4 Å². The van der Waals surface area contributed by atoms with Crippen LogP contribution in [0.15, 0.2) is 47.5 Å². The summed E-state index contributed by atoms with van der Waals surface area (Å²) in [5.41, 5.74) is 11.9. The number of nitrogen functional groups attached to an aromatic ring is 1. The van der Waals surface area contributed by atoms with Gasteiger partial charge in [-0.05, 0) is 55.3 Å². The van der Waals surface area contributed by atoms with Crippen molar-refractivity contribution < 1.29 is 4.74 Å². The lowest BCUT2D eigenvalue weighted by molar-refractivity contribution is 0.414. The van der Waals surface area contributed by atoms with Crippen molar-refractivity contribution in [2.45, 2.75) is 20.4 Å². The Labute approximate surface area is 192 Å². The van der Waals surface area contributed by atoms with Gasteiger partial charge in [0.2, 0.25) is 5.95 Å². The van der Waals surface area contributed by atoms with Crippen molar-refractivity contribution in [1.82, 2.24) is 24.6 Å². The van der Waals surface area contributed by atoms with Gasteiger partial charge >= 0.3 is 0 Å². The highest BCUT2D eigenvalue weighted by atomic mass is 16.5. The molecule has 33 heavy (non-hydrogen) atoms. The van der Waals surface area contributed by atoms with Gasteiger partial charge < -0.3 is 20.7 Å². The molecule has 0 bridgehead atoms. The molecular formula is C24H28N8O. The zero-order valence-corrected chi connectivity index (χ0v) is 19.5. The maximum Gasteiger partial charge on any atom is 0.225 e. The van der Waals surface area contributed by atoms with Crippen molar-refractivity contribution in [2.24, 2.45) is 4.99 Å². The highest BCUT2D eigenvalue weighted by Gasteiger charge is 2.18. The predicted octanol–water partition coefficient (Wildman–Crippen LogP) is 3.86. The van der Waals surface area contributed by atoms with Crippen LogP contribution in [0.3, 0.4) is 0 Å². The van der Waals surface area contributed by atoms with E-state index >= 15 is 0 Å². The van der Waals surface area contributed by atoms with Crippen LogP contribution in [0.1, 0.15) is 16.8 Å². The van der Waals surface area contributed by atoms with Crippen molar-refractivity contribution in [2.75, 3.05) is 32.3 Å². The minimum Gasteiger partial charge on any atom is -0.497 e. The molecule has 4 aromatic rings. The van der Waals surface area contributed by atoms with Crippen LogP contribution in [-0.4, -0.2) is 52.2 Å². The lowest BCUT2D eigenvalue weighted by Gasteiger charge is -2.11. The van der Waals surface area contributed by atoms with Crippen LogP contribution in [0.4, 0.5) is 17.5 Å². The van der Waals surface area contributed by atoms with E-state index in [4.69, 9.17) is 25.5 Å². The third-order valence-corrected chi connectivity index (χ3v) is 5.14. The molecule has 0 radical (unpaired) electrons. The van der Waals surface area contributed by atoms with E-state index < -0.39 is 0 Å². The first-order valence-electron chi connectivity index (χ1n) is 10.6. The lowest BCUT2D eigenvalue weighted by Crippen LogP contribution is -2.08. The standard InChI is InChI=1S/C24H28N8O/c1-15-12-18(25)8-11-20(15)32-22-21(16(2)30-32)28-24(29-23(22)27-14-31(3)4)26-13-17-6-9-19(33-5)10-7-17/h6-12,14H,13,25H2,1-5H3,(H,26,28,29)/b27-14+. The summed E-state index contributed by atoms with van der Waals surface area (Å²) >= 11 is 0. The van der Waals surface area contributed by atoms with Crippen molar-refractivity contribution in [3.05, 3.63) is 59.3 Å². The predicted molar refractivity (Wildman–Crippen MR) is 133 cm³/mol. The Balaban J connectivity index is 1.78. The van der Waals surface area contributed by atoms with Crippen molar-refractivity contribution in [1.29, 1.82) is 0 Å². The molecule has 0 atom stereocenters. The van der Waals surface area contributed by atoms with Gasteiger partial charge in [0.15, 0.2) is 5.82 Å². The van der Waals surface area contributed by atoms with E-state index in [0.717, 1.165) is 39.3 Å². The fourth-order valence-corrected chi connectivity index (χ4v) is 3.49. The third kappa shape index (κ3) is 4.72. The summed E-state index contributed by atoms with van der Waals surface area (Å²) in [5.74, 6) is 1.83. The highest BCUT2D eigenvalue weighted by molar-refractivity contribution is 5.90. The van der Waals surface area contributed by atoms with E-state index in [-0.39, 0.29) is 0 Å². The molecule has 170 valence electrons. The number of rotatable bonds is 7. The summed E-state index contributed by atoms with van der Waals surface area (Å²) in [6, 6.07) is 13.6. The minimum absolute atomic E-state index is 0.487. The fraction of sp³-hybridized carbons (Fsp3) is 0.250. The van der Waals surface area contributed by atoms with E-state index in [0.29, 0.717) is 24.0 Å². The molecule has 0 aliphatic heterocycles. The smallest absolute Gasteiger partial charge is 0.225 e. The minimum atomic E-state index is 0.487. The van der Waals surface area contributed by atoms with Crippen LogP contribution in [0.5, 0.6) is 5.75 Å². The van der Waals surface area contributed by atoms with Gasteiger partial charge in [0.1, 0.15) is 16.8 Å². The Kier molecular flexibility index (Phi) is 6.12. The first-order valence-corrected chi connectivity index (χ1v) is 10.6. The molecule has 9 nitrogen and oxygen atoms in total. The number of aryl methyl sites for hydroxylation is 2. The normalized spacial score (nSPS) is 11.3. The van der Waals surface area contributed by atoms with Crippen LogP contribution >= 0.6 is 0 Å². The molecule has 0 unspecified atom stereocenters. The van der Waals surface area contributed by atoms with E-state index in [1.807, 2.05) is 80.0 Å². The number of nitrogens with one attached hydrogen (secondary N) is 1. The monoisotopic (exact) mass is 444 g/mol. The molecule has 3 N–H and O–H groups in total. The number of nitrogens with zero attached hydrogens (tertiary/aromatic N) is 6. The quantitative estimate of drug-likeness (QED) is 0.253. The molecule has 0 saturated heterocycles. The maximum atomic E-state index is 5.95. The number of methoxy groups -OCH3 is 1. The van der Waals surface area contributed by atoms with Crippen molar-refractivity contribution >= 4 is 34.8 Å². The number of hydrogen-bond donors (Lipinski definition) is 2. The molecule has 4 rings (SSSR count). The topological polar surface area (TPSA) is 106 Å². The average Bonchev–Trinajstić information content (AvgIpc) is 3.12. The van der Waals surface area contributed by atoms with Gasteiger partial charge in [0.25, 0.3) is 0 Å². The highest BCUT2D eigenvalue weighted by Crippen LogP contribution is 2.30. The Hall–Kier alpha value is -4.14. The molecule has 0 saturated carbocycles. The molecule has 0 amide bonds. The summed E-state index contributed by atoms with van der Waals surface area (Å²) in [4.78, 5) is 16.0. The molecule has 0 fully saturated rings. The molecule has 2 aromatic carbocycles. The number of benzene rings is 2. The number of fused-ring (bicyclic) bond motifs is 1. The molecular weight excluding hydrogens is 416 g/mol. The molecule has 0 spiro atoms. The summed E-state index contributed by atoms with van der Waals surface area (Å²) in [7, 11) is 5.48. The molecule has 0 aliphatic carbocycles. The van der Waals surface area contributed by atoms with Crippen LogP contribution in [0.25, 0.3) is 16.7 Å². The largest absolute Gasteiger partial charge is 0.497 e. The second-order valence-corrected chi connectivity index (χ2v) is 8.02. The number of aliphatic imine (C=N–C) groups is 1. The van der Waals surface area contributed by atoms with Crippen LogP contribution < -0.4 is 15.8 Å². The van der Waals surface area contributed by atoms with Gasteiger partial charge in [-0.3, -0.25) is 0 Å². The summed E-state index contributed by atoms with van der Waals surface area (Å²) in [6.45, 7) is 4.50. The Morgan fingerprint density at radius 2 is 1.88 bits per heavy atom. The second-order valence-electron chi connectivity index (χ2n) is 8.02. The Bertz CT molecular complexity index is 1310. The summed E-state index contributed by atoms with van der Waals surface area (Å²) in [6.07, 6.45) is 1.72. The second kappa shape index (κ2) is 9.15. The molecule has 0 aliphatic rings. The maximum absolute atomic E-state index is 5.95. The fourth-order valence-electron chi connectivity index (χ4n) is 3.49. The number of anilines is 2. The zero-order chi connectivity index (χ0) is 23.5. The van der Waals surface area contributed by atoms with Crippen molar-refractivity contribution in [3.63, 3.8) is 0 Å². The molecule has 2 heterocycles. The van der Waals surface area contributed by atoms with Gasteiger partial charge in [-0.1, -0.05) is 12.1 Å². The summed E-state index contributed by atoms with van der Waals surface area (Å²) in [5, 5.41) is 8.07. The number of hydrogen-bond acceptors (Lipinski definition) is 7. The van der Waals surface area contributed by atoms with Gasteiger partial charge in [-0.25, -0.2) is 14.7 Å². The van der Waals surface area contributed by atoms with Gasteiger partial charge in [-0.15, -0.1) is 0 Å². The van der Waals surface area contributed by atoms with E-state index in [2.05, 4.69) is 10.3 Å². The first-order chi connectivity index (χ1) is 15.9. The third-order valence-electron chi connectivity index (χ3n) is 5.14. The van der Waals surface area contributed by atoms with Crippen LogP contribution in [0, 0.1) is 13.8 Å². The lowest BCUT2D eigenvalue weighted by atomic mass is 10.2.